The van der Waals surface area contributed by atoms with Gasteiger partial charge in [0, 0.05) is 13.2 Å². The zero-order valence-corrected chi connectivity index (χ0v) is 14.1. The molecule has 0 spiro atoms. The lowest BCUT2D eigenvalue weighted by Crippen LogP contribution is -2.44. The summed E-state index contributed by atoms with van der Waals surface area (Å²) >= 11 is 0. The Bertz CT molecular complexity index is 557. The van der Waals surface area contributed by atoms with Crippen molar-refractivity contribution in [1.29, 1.82) is 0 Å². The maximum Gasteiger partial charge on any atom is 0.258 e. The number of ether oxygens (including phenoxy) is 2. The Morgan fingerprint density at radius 1 is 1.29 bits per heavy atom. The molecule has 0 aliphatic heterocycles. The van der Waals surface area contributed by atoms with Crippen molar-refractivity contribution in [2.24, 2.45) is 5.73 Å². The highest BCUT2D eigenvalue weighted by molar-refractivity contribution is 5.82. The van der Waals surface area contributed by atoms with Crippen molar-refractivity contribution >= 4 is 11.8 Å². The molecule has 1 aliphatic carbocycles. The molecule has 7 heteroatoms. The van der Waals surface area contributed by atoms with Gasteiger partial charge in [-0.2, -0.15) is 0 Å². The van der Waals surface area contributed by atoms with E-state index in [0.717, 1.165) is 18.4 Å². The predicted octanol–water partition coefficient (Wildman–Crippen LogP) is 0.495. The number of nitrogens with one attached hydrogen (secondary N) is 2. The quantitative estimate of drug-likeness (QED) is 0.610. The van der Waals surface area contributed by atoms with Gasteiger partial charge in [0.1, 0.15) is 11.8 Å². The van der Waals surface area contributed by atoms with Crippen LogP contribution < -0.4 is 21.1 Å². The minimum atomic E-state index is -0.690. The average Bonchev–Trinajstić information content (AvgIpc) is 3.37. The number of nitrogens with two attached hydrogens (primary N) is 1. The summed E-state index contributed by atoms with van der Waals surface area (Å²) in [4.78, 5) is 23.4. The molecule has 1 aliphatic rings. The highest BCUT2D eigenvalue weighted by atomic mass is 16.5. The van der Waals surface area contributed by atoms with E-state index >= 15 is 0 Å². The zero-order chi connectivity index (χ0) is 17.5. The standard InChI is InChI=1S/C17H25N3O4/c1-11(19-17(22)15(18)9-23-2)12-3-7-14(8-4-12)24-10-16(21)20-13-5-6-13/h3-4,7-8,11,13,15H,5-6,9-10,18H2,1-2H3,(H,19,22)(H,20,21). The molecule has 1 fully saturated rings. The molecule has 24 heavy (non-hydrogen) atoms. The molecule has 2 unspecified atom stereocenters. The van der Waals surface area contributed by atoms with Gasteiger partial charge in [0.05, 0.1) is 12.6 Å². The first kappa shape index (κ1) is 18.2. The third-order valence-electron chi connectivity index (χ3n) is 3.73. The number of rotatable bonds is 9. The van der Waals surface area contributed by atoms with Gasteiger partial charge in [-0.3, -0.25) is 9.59 Å². The Labute approximate surface area is 141 Å². The van der Waals surface area contributed by atoms with Crippen molar-refractivity contribution in [3.05, 3.63) is 29.8 Å². The summed E-state index contributed by atoms with van der Waals surface area (Å²) in [5.74, 6) is 0.245. The molecule has 2 rings (SSSR count). The van der Waals surface area contributed by atoms with E-state index in [-0.39, 0.29) is 31.1 Å². The molecular weight excluding hydrogens is 310 g/mol. The monoisotopic (exact) mass is 335 g/mol. The smallest absolute Gasteiger partial charge is 0.258 e. The maximum atomic E-state index is 11.9. The van der Waals surface area contributed by atoms with Gasteiger partial charge in [0.25, 0.3) is 5.91 Å². The summed E-state index contributed by atoms with van der Waals surface area (Å²) in [6.07, 6.45) is 2.11. The van der Waals surface area contributed by atoms with Crippen molar-refractivity contribution in [2.75, 3.05) is 20.3 Å². The molecule has 0 radical (unpaired) electrons. The number of carbonyl (C=O) groups excluding carboxylic acids is 2. The summed E-state index contributed by atoms with van der Waals surface area (Å²) in [5.41, 5.74) is 6.61. The Kier molecular flexibility index (Phi) is 6.57. The zero-order valence-electron chi connectivity index (χ0n) is 14.1. The van der Waals surface area contributed by atoms with Crippen LogP contribution in [0.15, 0.2) is 24.3 Å². The molecule has 2 atom stereocenters. The summed E-state index contributed by atoms with van der Waals surface area (Å²) in [7, 11) is 1.50. The first-order chi connectivity index (χ1) is 11.5. The summed E-state index contributed by atoms with van der Waals surface area (Å²) in [5, 5.41) is 5.69. The fourth-order valence-corrected chi connectivity index (χ4v) is 2.16. The van der Waals surface area contributed by atoms with Crippen LogP contribution in [0.4, 0.5) is 0 Å². The molecule has 7 nitrogen and oxygen atoms in total. The lowest BCUT2D eigenvalue weighted by atomic mass is 10.1. The molecule has 1 saturated carbocycles. The molecule has 132 valence electrons. The van der Waals surface area contributed by atoms with Crippen LogP contribution in [-0.2, 0) is 14.3 Å². The van der Waals surface area contributed by atoms with Crippen LogP contribution in [0, 0.1) is 0 Å². The van der Waals surface area contributed by atoms with Gasteiger partial charge < -0.3 is 25.8 Å². The molecular formula is C17H25N3O4. The Morgan fingerprint density at radius 2 is 1.96 bits per heavy atom. The van der Waals surface area contributed by atoms with Gasteiger partial charge in [-0.1, -0.05) is 12.1 Å². The lowest BCUT2D eigenvalue weighted by molar-refractivity contribution is -0.124. The maximum absolute atomic E-state index is 11.9. The van der Waals surface area contributed by atoms with Crippen LogP contribution in [0.1, 0.15) is 31.4 Å². The molecule has 2 amide bonds. The van der Waals surface area contributed by atoms with Crippen molar-refractivity contribution < 1.29 is 19.1 Å². The van der Waals surface area contributed by atoms with E-state index < -0.39 is 6.04 Å². The minimum Gasteiger partial charge on any atom is -0.484 e. The molecule has 4 N–H and O–H groups in total. The number of hydrogen-bond donors (Lipinski definition) is 3. The molecule has 0 bridgehead atoms. The SMILES string of the molecule is COCC(N)C(=O)NC(C)c1ccc(OCC(=O)NC2CC2)cc1. The van der Waals surface area contributed by atoms with Gasteiger partial charge in [0.2, 0.25) is 5.91 Å². The fraction of sp³-hybridized carbons (Fsp3) is 0.529. The normalized spacial score (nSPS) is 16.1. The molecule has 0 heterocycles. The average molecular weight is 335 g/mol. The molecule has 1 aromatic carbocycles. The lowest BCUT2D eigenvalue weighted by Gasteiger charge is -2.18. The van der Waals surface area contributed by atoms with Crippen molar-refractivity contribution in [1.82, 2.24) is 10.6 Å². The van der Waals surface area contributed by atoms with E-state index in [1.165, 1.54) is 7.11 Å². The van der Waals surface area contributed by atoms with E-state index in [1.807, 2.05) is 19.1 Å². The topological polar surface area (TPSA) is 103 Å². The van der Waals surface area contributed by atoms with Gasteiger partial charge in [0.15, 0.2) is 6.61 Å². The van der Waals surface area contributed by atoms with E-state index in [0.29, 0.717) is 11.8 Å². The molecule has 0 saturated heterocycles. The highest BCUT2D eigenvalue weighted by Gasteiger charge is 2.23. The largest absolute Gasteiger partial charge is 0.484 e. The number of benzene rings is 1. The third-order valence-corrected chi connectivity index (χ3v) is 3.73. The molecule has 0 aromatic heterocycles. The van der Waals surface area contributed by atoms with Crippen molar-refractivity contribution in [3.8, 4) is 5.75 Å². The summed E-state index contributed by atoms with van der Waals surface area (Å²) < 4.78 is 10.3. The highest BCUT2D eigenvalue weighted by Crippen LogP contribution is 2.19. The van der Waals surface area contributed by atoms with E-state index in [9.17, 15) is 9.59 Å². The van der Waals surface area contributed by atoms with Gasteiger partial charge in [-0.15, -0.1) is 0 Å². The Hall–Kier alpha value is -2.12. The van der Waals surface area contributed by atoms with Crippen LogP contribution in [0.25, 0.3) is 0 Å². The van der Waals surface area contributed by atoms with Crippen LogP contribution in [0.2, 0.25) is 0 Å². The Balaban J connectivity index is 1.79. The summed E-state index contributed by atoms with van der Waals surface area (Å²) in [6, 6.07) is 6.70. The number of methoxy groups -OCH3 is 1. The number of amides is 2. The second-order valence-corrected chi connectivity index (χ2v) is 5.99. The predicted molar refractivity (Wildman–Crippen MR) is 89.5 cm³/mol. The first-order valence-electron chi connectivity index (χ1n) is 8.06. The van der Waals surface area contributed by atoms with Crippen molar-refractivity contribution in [2.45, 2.75) is 37.9 Å². The van der Waals surface area contributed by atoms with E-state index in [1.54, 1.807) is 12.1 Å². The number of carbonyl (C=O) groups is 2. The number of hydrogen-bond acceptors (Lipinski definition) is 5. The van der Waals surface area contributed by atoms with Gasteiger partial charge in [-0.05, 0) is 37.5 Å². The van der Waals surface area contributed by atoms with Crippen molar-refractivity contribution in [3.63, 3.8) is 0 Å². The second-order valence-electron chi connectivity index (χ2n) is 5.99. The van der Waals surface area contributed by atoms with Crippen LogP contribution >= 0.6 is 0 Å². The van der Waals surface area contributed by atoms with E-state index in [4.69, 9.17) is 15.2 Å². The summed E-state index contributed by atoms with van der Waals surface area (Å²) in [6.45, 7) is 2.05. The molecule has 1 aromatic rings. The fourth-order valence-electron chi connectivity index (χ4n) is 2.16. The van der Waals surface area contributed by atoms with Gasteiger partial charge >= 0.3 is 0 Å². The Morgan fingerprint density at radius 3 is 2.54 bits per heavy atom. The first-order valence-corrected chi connectivity index (χ1v) is 8.06. The van der Waals surface area contributed by atoms with Crippen LogP contribution in [0.5, 0.6) is 5.75 Å². The third kappa shape index (κ3) is 5.82. The van der Waals surface area contributed by atoms with Gasteiger partial charge in [-0.25, -0.2) is 0 Å². The van der Waals surface area contributed by atoms with Crippen LogP contribution in [0.3, 0.4) is 0 Å². The van der Waals surface area contributed by atoms with E-state index in [2.05, 4.69) is 10.6 Å². The minimum absolute atomic E-state index is 0.00794. The second kappa shape index (κ2) is 8.65. The van der Waals surface area contributed by atoms with Crippen LogP contribution in [-0.4, -0.2) is 44.2 Å².